The van der Waals surface area contributed by atoms with Crippen LogP contribution in [0.4, 0.5) is 0 Å². The van der Waals surface area contributed by atoms with E-state index in [1.165, 1.54) is 0 Å². The first-order valence-corrected chi connectivity index (χ1v) is 7.61. The highest BCUT2D eigenvalue weighted by Gasteiger charge is 2.27. The van der Waals surface area contributed by atoms with Gasteiger partial charge in [-0.3, -0.25) is 4.79 Å². The van der Waals surface area contributed by atoms with Gasteiger partial charge in [0.2, 0.25) is 0 Å². The topological polar surface area (TPSA) is 41.1 Å². The van der Waals surface area contributed by atoms with Crippen molar-refractivity contribution in [3.05, 3.63) is 33.3 Å². The SMILES string of the molecule is CC1(CNC(=O)c2ccc(Br)cc2Cl)CCNCC1.Cl. The number of carbonyl (C=O) groups excluding carboxylic acids is 1. The van der Waals surface area contributed by atoms with Crippen LogP contribution >= 0.6 is 39.9 Å². The predicted molar refractivity (Wildman–Crippen MR) is 88.9 cm³/mol. The van der Waals surface area contributed by atoms with Gasteiger partial charge >= 0.3 is 0 Å². The van der Waals surface area contributed by atoms with E-state index in [9.17, 15) is 4.79 Å². The van der Waals surface area contributed by atoms with Gasteiger partial charge in [0.25, 0.3) is 5.91 Å². The van der Waals surface area contributed by atoms with Crippen LogP contribution in [-0.2, 0) is 0 Å². The van der Waals surface area contributed by atoms with Gasteiger partial charge in [0.1, 0.15) is 0 Å². The van der Waals surface area contributed by atoms with Gasteiger partial charge in [0.05, 0.1) is 10.6 Å². The van der Waals surface area contributed by atoms with Gasteiger partial charge in [-0.1, -0.05) is 34.5 Å². The molecule has 112 valence electrons. The summed E-state index contributed by atoms with van der Waals surface area (Å²) < 4.78 is 0.874. The van der Waals surface area contributed by atoms with Gasteiger partial charge in [0, 0.05) is 11.0 Å². The molecular formula is C14H19BrCl2N2O. The van der Waals surface area contributed by atoms with Crippen molar-refractivity contribution < 1.29 is 4.79 Å². The van der Waals surface area contributed by atoms with Crippen LogP contribution in [0.2, 0.25) is 5.02 Å². The predicted octanol–water partition coefficient (Wildman–Crippen LogP) is 3.64. The second-order valence-corrected chi connectivity index (χ2v) is 6.69. The van der Waals surface area contributed by atoms with Gasteiger partial charge in [-0.25, -0.2) is 0 Å². The van der Waals surface area contributed by atoms with Gasteiger partial charge in [-0.2, -0.15) is 0 Å². The number of carbonyl (C=O) groups is 1. The highest BCUT2D eigenvalue weighted by molar-refractivity contribution is 9.10. The maximum Gasteiger partial charge on any atom is 0.252 e. The molecule has 6 heteroatoms. The van der Waals surface area contributed by atoms with Crippen LogP contribution in [-0.4, -0.2) is 25.5 Å². The Balaban J connectivity index is 0.00000200. The summed E-state index contributed by atoms with van der Waals surface area (Å²) >= 11 is 9.41. The molecule has 1 fully saturated rings. The van der Waals surface area contributed by atoms with E-state index < -0.39 is 0 Å². The molecule has 1 aromatic rings. The Kier molecular flexibility index (Phi) is 6.79. The largest absolute Gasteiger partial charge is 0.351 e. The molecule has 0 aromatic heterocycles. The van der Waals surface area contributed by atoms with Gasteiger partial charge in [-0.05, 0) is 49.5 Å². The zero-order valence-electron chi connectivity index (χ0n) is 11.3. The van der Waals surface area contributed by atoms with E-state index in [-0.39, 0.29) is 23.7 Å². The van der Waals surface area contributed by atoms with E-state index in [4.69, 9.17) is 11.6 Å². The third kappa shape index (κ3) is 4.62. The molecule has 2 rings (SSSR count). The zero-order valence-corrected chi connectivity index (χ0v) is 14.5. The minimum absolute atomic E-state index is 0. The van der Waals surface area contributed by atoms with Gasteiger partial charge < -0.3 is 10.6 Å². The van der Waals surface area contributed by atoms with Gasteiger partial charge in [-0.15, -0.1) is 12.4 Å². The fourth-order valence-corrected chi connectivity index (χ4v) is 3.03. The summed E-state index contributed by atoms with van der Waals surface area (Å²) in [7, 11) is 0. The second-order valence-electron chi connectivity index (χ2n) is 5.37. The first-order chi connectivity index (χ1) is 9.00. The van der Waals surface area contributed by atoms with E-state index in [0.29, 0.717) is 17.1 Å². The maximum atomic E-state index is 12.1. The molecule has 1 aliphatic heterocycles. The molecule has 1 aromatic carbocycles. The van der Waals surface area contributed by atoms with Crippen LogP contribution in [0.1, 0.15) is 30.1 Å². The molecule has 0 spiro atoms. The number of piperidine rings is 1. The Labute approximate surface area is 139 Å². The summed E-state index contributed by atoms with van der Waals surface area (Å²) in [5.74, 6) is -0.0998. The Hall–Kier alpha value is -0.290. The van der Waals surface area contributed by atoms with Crippen molar-refractivity contribution in [1.82, 2.24) is 10.6 Å². The normalized spacial score (nSPS) is 17.1. The van der Waals surface area contributed by atoms with Crippen molar-refractivity contribution in [2.45, 2.75) is 19.8 Å². The number of amides is 1. The lowest BCUT2D eigenvalue weighted by atomic mass is 9.81. The van der Waals surface area contributed by atoms with Crippen molar-refractivity contribution in [3.8, 4) is 0 Å². The number of halogens is 3. The van der Waals surface area contributed by atoms with E-state index in [2.05, 4.69) is 33.5 Å². The Morgan fingerprint density at radius 3 is 2.70 bits per heavy atom. The highest BCUT2D eigenvalue weighted by atomic mass is 79.9. The minimum Gasteiger partial charge on any atom is -0.351 e. The summed E-state index contributed by atoms with van der Waals surface area (Å²) in [5.41, 5.74) is 0.713. The number of hydrogen-bond acceptors (Lipinski definition) is 2. The number of hydrogen-bond donors (Lipinski definition) is 2. The Morgan fingerprint density at radius 1 is 1.45 bits per heavy atom. The van der Waals surface area contributed by atoms with Crippen molar-refractivity contribution in [2.24, 2.45) is 5.41 Å². The third-order valence-corrected chi connectivity index (χ3v) is 4.47. The van der Waals surface area contributed by atoms with E-state index in [1.807, 2.05) is 6.07 Å². The molecule has 0 unspecified atom stereocenters. The maximum absolute atomic E-state index is 12.1. The fourth-order valence-electron chi connectivity index (χ4n) is 2.27. The molecule has 1 amide bonds. The van der Waals surface area contributed by atoms with Crippen LogP contribution in [0, 0.1) is 5.41 Å². The molecule has 0 bridgehead atoms. The van der Waals surface area contributed by atoms with Crippen molar-refractivity contribution >= 4 is 45.8 Å². The summed E-state index contributed by atoms with van der Waals surface area (Å²) in [5, 5.41) is 6.81. The molecule has 0 atom stereocenters. The van der Waals surface area contributed by atoms with E-state index in [0.717, 1.165) is 30.4 Å². The molecule has 0 saturated carbocycles. The number of rotatable bonds is 3. The third-order valence-electron chi connectivity index (χ3n) is 3.66. The lowest BCUT2D eigenvalue weighted by Gasteiger charge is -2.34. The van der Waals surface area contributed by atoms with Crippen molar-refractivity contribution in [1.29, 1.82) is 0 Å². The number of nitrogens with one attached hydrogen (secondary N) is 2. The quantitative estimate of drug-likeness (QED) is 0.838. The summed E-state index contributed by atoms with van der Waals surface area (Å²) in [6.07, 6.45) is 2.17. The van der Waals surface area contributed by atoms with Crippen LogP contribution in [0.5, 0.6) is 0 Å². The zero-order chi connectivity index (χ0) is 13.9. The van der Waals surface area contributed by atoms with E-state index in [1.54, 1.807) is 12.1 Å². The van der Waals surface area contributed by atoms with Crippen LogP contribution in [0.15, 0.2) is 22.7 Å². The molecule has 0 aliphatic carbocycles. The molecular weight excluding hydrogens is 363 g/mol. The molecule has 2 N–H and O–H groups in total. The number of benzene rings is 1. The molecule has 0 radical (unpaired) electrons. The molecule has 1 heterocycles. The monoisotopic (exact) mass is 380 g/mol. The van der Waals surface area contributed by atoms with Crippen molar-refractivity contribution in [2.75, 3.05) is 19.6 Å². The highest BCUT2D eigenvalue weighted by Crippen LogP contribution is 2.27. The average molecular weight is 382 g/mol. The van der Waals surface area contributed by atoms with Crippen LogP contribution in [0.25, 0.3) is 0 Å². The summed E-state index contributed by atoms with van der Waals surface area (Å²) in [6, 6.07) is 5.31. The molecule has 1 aliphatic rings. The molecule has 20 heavy (non-hydrogen) atoms. The first-order valence-electron chi connectivity index (χ1n) is 6.44. The minimum atomic E-state index is -0.0998. The van der Waals surface area contributed by atoms with Gasteiger partial charge in [0.15, 0.2) is 0 Å². The van der Waals surface area contributed by atoms with Crippen molar-refractivity contribution in [3.63, 3.8) is 0 Å². The van der Waals surface area contributed by atoms with E-state index >= 15 is 0 Å². The first kappa shape index (κ1) is 17.8. The van der Waals surface area contributed by atoms with Crippen LogP contribution < -0.4 is 10.6 Å². The molecule has 1 saturated heterocycles. The average Bonchev–Trinajstić information content (AvgIpc) is 2.37. The fraction of sp³-hybridized carbons (Fsp3) is 0.500. The summed E-state index contributed by atoms with van der Waals surface area (Å²) in [4.78, 5) is 12.1. The molecule has 3 nitrogen and oxygen atoms in total. The lowest BCUT2D eigenvalue weighted by Crippen LogP contribution is -2.42. The smallest absolute Gasteiger partial charge is 0.252 e. The summed E-state index contributed by atoms with van der Waals surface area (Å²) in [6.45, 7) is 4.95. The lowest BCUT2D eigenvalue weighted by molar-refractivity contribution is 0.0922. The standard InChI is InChI=1S/C14H18BrClN2O.ClH/c1-14(4-6-17-7-5-14)9-18-13(19)11-3-2-10(15)8-12(11)16;/h2-3,8,17H,4-7,9H2,1H3,(H,18,19);1H. The Morgan fingerprint density at radius 2 is 2.10 bits per heavy atom. The Bertz CT molecular complexity index is 476. The van der Waals surface area contributed by atoms with Crippen LogP contribution in [0.3, 0.4) is 0 Å². The second kappa shape index (κ2) is 7.64.